The van der Waals surface area contributed by atoms with E-state index in [2.05, 4.69) is 20.5 Å². The molecule has 0 saturated heterocycles. The lowest BCUT2D eigenvalue weighted by atomic mass is 10.1. The third kappa shape index (κ3) is 3.75. The highest BCUT2D eigenvalue weighted by atomic mass is 32.2. The number of aryl methyl sites for hydroxylation is 1. The Bertz CT molecular complexity index is 1380. The third-order valence-electron chi connectivity index (χ3n) is 5.21. The van der Waals surface area contributed by atoms with Crippen LogP contribution in [0.1, 0.15) is 12.6 Å². The summed E-state index contributed by atoms with van der Waals surface area (Å²) in [7, 11) is -0.328. The third-order valence-corrected chi connectivity index (χ3v) is 6.31. The van der Waals surface area contributed by atoms with E-state index in [-0.39, 0.29) is 22.3 Å². The van der Waals surface area contributed by atoms with Gasteiger partial charge in [0, 0.05) is 30.6 Å². The van der Waals surface area contributed by atoms with Crippen LogP contribution in [0.15, 0.2) is 58.5 Å². The maximum Gasteiger partial charge on any atom is 0.214 e. The molecule has 9 nitrogen and oxygen atoms in total. The summed E-state index contributed by atoms with van der Waals surface area (Å²) in [6.07, 6.45) is 4.46. The summed E-state index contributed by atoms with van der Waals surface area (Å²) in [6, 6.07) is 8.41. The Morgan fingerprint density at radius 1 is 1.29 bits per heavy atom. The van der Waals surface area contributed by atoms with E-state index in [1.165, 1.54) is 19.2 Å². The van der Waals surface area contributed by atoms with Crippen molar-refractivity contribution in [3.63, 3.8) is 0 Å². The van der Waals surface area contributed by atoms with Gasteiger partial charge >= 0.3 is 0 Å². The quantitative estimate of drug-likeness (QED) is 0.565. The number of fused-ring (bicyclic) bond motifs is 1. The second-order valence-corrected chi connectivity index (χ2v) is 9.38. The molecule has 1 aliphatic heterocycles. The fourth-order valence-electron chi connectivity index (χ4n) is 3.43. The number of amidine groups is 1. The molecule has 1 atom stereocenters. The second kappa shape index (κ2) is 7.40. The van der Waals surface area contributed by atoms with Gasteiger partial charge < -0.3 is 15.0 Å². The van der Waals surface area contributed by atoms with Crippen molar-refractivity contribution in [3.05, 3.63) is 59.9 Å². The number of H-pyrrole nitrogens is 1. The molecule has 1 aliphatic rings. The number of aromatic nitrogens is 2. The normalized spacial score (nSPS) is 19.0. The number of nitrogens with one attached hydrogen (secondary N) is 2. The fourth-order valence-corrected chi connectivity index (χ4v) is 4.04. The summed E-state index contributed by atoms with van der Waals surface area (Å²) in [5.74, 6) is -0.877. The lowest BCUT2D eigenvalue weighted by molar-refractivity contribution is 0.359. The molecule has 0 spiro atoms. The van der Waals surface area contributed by atoms with E-state index in [1.54, 1.807) is 12.3 Å². The summed E-state index contributed by atoms with van der Waals surface area (Å²) in [4.78, 5) is 6.47. The highest BCUT2D eigenvalue weighted by molar-refractivity contribution is 7.90. The molecule has 0 bridgehead atoms. The lowest BCUT2D eigenvalue weighted by Crippen LogP contribution is -2.50. The number of nitrogens with zero attached hydrogens (tertiary/aromatic N) is 3. The van der Waals surface area contributed by atoms with Crippen LogP contribution in [0.3, 0.4) is 0 Å². The SMILES string of the molecule is [2H]c1cc(S(C)(=O)=O)cc(C2(N)N=C(N(C)c3ccc4c(C)n[nH]c4c3)C=CN2)c1OC. The van der Waals surface area contributed by atoms with Crippen LogP contribution >= 0.6 is 0 Å². The van der Waals surface area contributed by atoms with Gasteiger partial charge in [0.05, 0.1) is 30.2 Å². The topological polar surface area (TPSA) is 126 Å². The Morgan fingerprint density at radius 2 is 2.06 bits per heavy atom. The highest BCUT2D eigenvalue weighted by Gasteiger charge is 2.33. The average molecular weight is 442 g/mol. The molecular weight excluding hydrogens is 416 g/mol. The number of aliphatic imine (C=N–C) groups is 1. The van der Waals surface area contributed by atoms with Crippen molar-refractivity contribution in [3.8, 4) is 5.75 Å². The molecule has 4 rings (SSSR count). The van der Waals surface area contributed by atoms with E-state index in [4.69, 9.17) is 11.8 Å². The summed E-state index contributed by atoms with van der Waals surface area (Å²) in [5, 5.41) is 11.2. The molecule has 0 fully saturated rings. The number of benzene rings is 2. The molecule has 0 aliphatic carbocycles. The van der Waals surface area contributed by atoms with Gasteiger partial charge in [0.15, 0.2) is 9.84 Å². The summed E-state index contributed by atoms with van der Waals surface area (Å²) >= 11 is 0. The number of aromatic amines is 1. The van der Waals surface area contributed by atoms with E-state index in [1.807, 2.05) is 37.1 Å². The smallest absolute Gasteiger partial charge is 0.214 e. The zero-order chi connectivity index (χ0) is 23.3. The van der Waals surface area contributed by atoms with Crippen molar-refractivity contribution in [2.45, 2.75) is 17.6 Å². The number of anilines is 1. The first-order valence-corrected chi connectivity index (χ1v) is 11.3. The van der Waals surface area contributed by atoms with Crippen LogP contribution in [0, 0.1) is 6.92 Å². The average Bonchev–Trinajstić information content (AvgIpc) is 3.12. The van der Waals surface area contributed by atoms with Crippen LogP contribution in [0.5, 0.6) is 5.75 Å². The number of sulfone groups is 1. The van der Waals surface area contributed by atoms with Crippen LogP contribution in [-0.2, 0) is 15.6 Å². The molecule has 10 heteroatoms. The molecule has 2 heterocycles. The molecule has 0 radical (unpaired) electrons. The van der Waals surface area contributed by atoms with Gasteiger partial charge in [-0.15, -0.1) is 0 Å². The van der Waals surface area contributed by atoms with Gasteiger partial charge in [0.25, 0.3) is 0 Å². The number of hydrogen-bond acceptors (Lipinski definition) is 8. The Kier molecular flexibility index (Phi) is 4.67. The first-order valence-electron chi connectivity index (χ1n) is 9.94. The van der Waals surface area contributed by atoms with Gasteiger partial charge in [-0.25, -0.2) is 13.4 Å². The number of hydrogen-bond donors (Lipinski definition) is 3. The zero-order valence-corrected chi connectivity index (χ0v) is 18.4. The predicted octanol–water partition coefficient (Wildman–Crippen LogP) is 2.00. The standard InChI is InChI=1S/C21H24N6O3S/c1-13-16-7-5-14(11-18(16)26-25-13)27(2)20-9-10-23-21(22,24-20)17-12-15(31(4,28)29)6-8-19(17)30-3/h5-12,23H,22H2,1-4H3,(H,25,26)/i8D. The van der Waals surface area contributed by atoms with Crippen LogP contribution in [0.2, 0.25) is 0 Å². The fraction of sp³-hybridized carbons (Fsp3) is 0.238. The minimum atomic E-state index is -3.58. The van der Waals surface area contributed by atoms with Crippen LogP contribution in [0.25, 0.3) is 10.9 Å². The molecule has 2 aromatic carbocycles. The molecule has 0 amide bonds. The lowest BCUT2D eigenvalue weighted by Gasteiger charge is -2.33. The first kappa shape index (κ1) is 19.6. The number of likely N-dealkylation sites (N-methyl/N-ethyl adjacent to an activating group) is 1. The number of methoxy groups -OCH3 is 1. The van der Waals surface area contributed by atoms with Crippen LogP contribution in [0.4, 0.5) is 5.69 Å². The van der Waals surface area contributed by atoms with Crippen molar-refractivity contribution in [1.82, 2.24) is 15.5 Å². The Labute approximate surface area is 181 Å². The largest absolute Gasteiger partial charge is 0.496 e. The molecular formula is C21H24N6O3S. The minimum absolute atomic E-state index is 0.0374. The van der Waals surface area contributed by atoms with E-state index >= 15 is 0 Å². The molecule has 4 N–H and O–H groups in total. The van der Waals surface area contributed by atoms with Gasteiger partial charge in [0.2, 0.25) is 5.79 Å². The van der Waals surface area contributed by atoms with Gasteiger partial charge in [-0.1, -0.05) is 0 Å². The second-order valence-electron chi connectivity index (χ2n) is 7.37. The number of nitrogens with two attached hydrogens (primary N) is 1. The molecule has 0 saturated carbocycles. The Balaban J connectivity index is 1.80. The highest BCUT2D eigenvalue weighted by Crippen LogP contribution is 2.32. The molecule has 1 aromatic heterocycles. The van der Waals surface area contributed by atoms with Crippen molar-refractivity contribution in [2.75, 3.05) is 25.3 Å². The molecule has 31 heavy (non-hydrogen) atoms. The van der Waals surface area contributed by atoms with E-state index in [0.717, 1.165) is 28.5 Å². The van der Waals surface area contributed by atoms with Crippen molar-refractivity contribution in [1.29, 1.82) is 0 Å². The van der Waals surface area contributed by atoms with Crippen LogP contribution < -0.4 is 20.7 Å². The van der Waals surface area contributed by atoms with Crippen molar-refractivity contribution < 1.29 is 14.5 Å². The van der Waals surface area contributed by atoms with E-state index < -0.39 is 15.6 Å². The Hall–Kier alpha value is -3.37. The maximum atomic E-state index is 12.1. The van der Waals surface area contributed by atoms with Gasteiger partial charge in [-0.05, 0) is 49.4 Å². The maximum absolute atomic E-state index is 12.1. The minimum Gasteiger partial charge on any atom is -0.496 e. The molecule has 1 unspecified atom stereocenters. The summed E-state index contributed by atoms with van der Waals surface area (Å²) < 4.78 is 37.9. The van der Waals surface area contributed by atoms with Gasteiger partial charge in [-0.2, -0.15) is 5.10 Å². The number of ether oxygens (including phenoxy) is 1. The summed E-state index contributed by atoms with van der Waals surface area (Å²) in [5.41, 5.74) is 9.49. The van der Waals surface area contributed by atoms with Crippen molar-refractivity contribution >= 4 is 32.3 Å². The zero-order valence-electron chi connectivity index (χ0n) is 18.6. The predicted molar refractivity (Wildman–Crippen MR) is 121 cm³/mol. The first-order chi connectivity index (χ1) is 15.0. The van der Waals surface area contributed by atoms with E-state index in [0.29, 0.717) is 5.84 Å². The van der Waals surface area contributed by atoms with Crippen molar-refractivity contribution in [2.24, 2.45) is 10.7 Å². The van der Waals surface area contributed by atoms with E-state index in [9.17, 15) is 8.42 Å². The molecule has 162 valence electrons. The van der Waals surface area contributed by atoms with Gasteiger partial charge in [0.1, 0.15) is 11.6 Å². The summed E-state index contributed by atoms with van der Waals surface area (Å²) in [6.45, 7) is 1.93. The monoisotopic (exact) mass is 441 g/mol. The number of rotatable bonds is 4. The molecule has 3 aromatic rings. The Morgan fingerprint density at radius 3 is 2.77 bits per heavy atom. The van der Waals surface area contributed by atoms with Crippen LogP contribution in [-0.4, -0.2) is 44.9 Å². The van der Waals surface area contributed by atoms with Gasteiger partial charge in [-0.3, -0.25) is 10.8 Å².